The summed E-state index contributed by atoms with van der Waals surface area (Å²) in [6.45, 7) is 12.3. The molecule has 0 radical (unpaired) electrons. The van der Waals surface area contributed by atoms with Crippen LogP contribution in [0.15, 0.2) is 11.6 Å². The fraction of sp³-hybridized carbons (Fsp3) is 0.950. The molecular formula is C40H68O13. The zero-order valence-corrected chi connectivity index (χ0v) is 32.5. The van der Waals surface area contributed by atoms with Crippen LogP contribution in [0.3, 0.4) is 0 Å². The van der Waals surface area contributed by atoms with E-state index in [-0.39, 0.29) is 54.0 Å². The Bertz CT molecular complexity index is 1300. The molecule has 4 aliphatic carbocycles. The summed E-state index contributed by atoms with van der Waals surface area (Å²) in [6, 6.07) is 0. The van der Waals surface area contributed by atoms with Crippen molar-refractivity contribution in [2.24, 2.45) is 45.8 Å². The monoisotopic (exact) mass is 756 g/mol. The highest BCUT2D eigenvalue weighted by molar-refractivity contribution is 5.18. The Labute approximate surface area is 314 Å². The summed E-state index contributed by atoms with van der Waals surface area (Å²) >= 11 is 0. The van der Waals surface area contributed by atoms with E-state index < -0.39 is 67.0 Å². The Morgan fingerprint density at radius 2 is 1.47 bits per heavy atom. The minimum absolute atomic E-state index is 0.0432. The van der Waals surface area contributed by atoms with Gasteiger partial charge in [-0.2, -0.15) is 0 Å². The maximum atomic E-state index is 12.3. The van der Waals surface area contributed by atoms with E-state index in [4.69, 9.17) is 18.9 Å². The van der Waals surface area contributed by atoms with Crippen LogP contribution in [0.25, 0.3) is 0 Å². The normalized spacial score (nSPS) is 51.2. The lowest BCUT2D eigenvalue weighted by Gasteiger charge is -2.67. The average molecular weight is 757 g/mol. The van der Waals surface area contributed by atoms with Crippen molar-refractivity contribution in [3.05, 3.63) is 11.6 Å². The standard InChI is InChI=1S/C40H68O13/c1-20(17-41)8-7-13-40(6,53-36-34(49)32(47)31(46)27(52-36)19-51-35-33(48)30(45)26(43)18-50-35)23-12-15-39(5)29(23)25(42)16-24-21-9-10-28(44)37(2,3)22(21)11-14-38(24,39)4/h8,21-36,41-49H,7,9-19H2,1-6H3/b20-8+/t21?,22?,23?,24?,25?,26-,27-,28?,29?,30+,31-,32+,33-,34-,35-,36+,38?,39?,40?/m1/s1. The number of allylic oxidation sites excluding steroid dienone is 1. The summed E-state index contributed by atoms with van der Waals surface area (Å²) in [4.78, 5) is 0. The first-order valence-corrected chi connectivity index (χ1v) is 20.1. The minimum atomic E-state index is -1.66. The van der Waals surface area contributed by atoms with Gasteiger partial charge in [-0.1, -0.05) is 39.3 Å². The molecule has 53 heavy (non-hydrogen) atoms. The van der Waals surface area contributed by atoms with E-state index in [0.29, 0.717) is 37.0 Å². The Balaban J connectivity index is 1.25. The van der Waals surface area contributed by atoms with Gasteiger partial charge in [0.15, 0.2) is 12.6 Å². The topological polar surface area (TPSA) is 219 Å². The summed E-state index contributed by atoms with van der Waals surface area (Å²) in [7, 11) is 0. The summed E-state index contributed by atoms with van der Waals surface area (Å²) in [5.74, 6) is 0.870. The molecule has 0 aromatic carbocycles. The number of rotatable bonds is 10. The van der Waals surface area contributed by atoms with Gasteiger partial charge < -0.3 is 64.9 Å². The first-order valence-electron chi connectivity index (χ1n) is 20.1. The molecule has 6 rings (SSSR count). The summed E-state index contributed by atoms with van der Waals surface area (Å²) in [5, 5.41) is 96.4. The van der Waals surface area contributed by atoms with Crippen molar-refractivity contribution in [3.63, 3.8) is 0 Å². The number of fused-ring (bicyclic) bond motifs is 5. The van der Waals surface area contributed by atoms with Gasteiger partial charge in [-0.15, -0.1) is 0 Å². The maximum Gasteiger partial charge on any atom is 0.187 e. The van der Waals surface area contributed by atoms with Gasteiger partial charge in [0.05, 0.1) is 37.6 Å². The fourth-order valence-electron chi connectivity index (χ4n) is 12.3. The van der Waals surface area contributed by atoms with Crippen LogP contribution >= 0.6 is 0 Å². The lowest BCUT2D eigenvalue weighted by Crippen LogP contribution is -2.64. The van der Waals surface area contributed by atoms with E-state index in [1.807, 2.05) is 19.9 Å². The van der Waals surface area contributed by atoms with Crippen LogP contribution < -0.4 is 0 Å². The molecule has 0 bridgehead atoms. The van der Waals surface area contributed by atoms with Crippen LogP contribution in [-0.4, -0.2) is 139 Å². The molecular weight excluding hydrogens is 688 g/mol. The molecule has 0 aromatic rings. The second kappa shape index (κ2) is 15.5. The zero-order chi connectivity index (χ0) is 38.8. The van der Waals surface area contributed by atoms with Gasteiger partial charge in [0.2, 0.25) is 0 Å². The number of aliphatic hydroxyl groups excluding tert-OH is 9. The molecule has 4 saturated carbocycles. The highest BCUT2D eigenvalue weighted by Gasteiger charge is 2.69. The van der Waals surface area contributed by atoms with Gasteiger partial charge >= 0.3 is 0 Å². The van der Waals surface area contributed by atoms with Gasteiger partial charge in [-0.05, 0) is 117 Å². The molecule has 13 nitrogen and oxygen atoms in total. The Morgan fingerprint density at radius 3 is 2.17 bits per heavy atom. The Hall–Kier alpha value is -0.780. The van der Waals surface area contributed by atoms with E-state index in [2.05, 4.69) is 27.7 Å². The molecule has 10 unspecified atom stereocenters. The molecule has 2 heterocycles. The van der Waals surface area contributed by atoms with Crippen molar-refractivity contribution in [1.29, 1.82) is 0 Å². The van der Waals surface area contributed by atoms with Gasteiger partial charge in [-0.25, -0.2) is 0 Å². The molecule has 2 saturated heterocycles. The van der Waals surface area contributed by atoms with Crippen molar-refractivity contribution < 1.29 is 64.9 Å². The SMILES string of the molecule is C/C(=C\CCC(C)(O[C@@H]1O[C@H](CO[C@H]2OC[C@@H](O)[C@H](O)[C@H]2O)[C@@H](O)[C@H](O)[C@H]1O)C1CCC2(C)C1C(O)CC1C3CCC(O)C(C)(C)C3CCC12C)CO. The summed E-state index contributed by atoms with van der Waals surface area (Å²) in [6.07, 6.45) is -4.93. The number of ether oxygens (including phenoxy) is 4. The predicted octanol–water partition coefficient (Wildman–Crippen LogP) is 1.37. The molecule has 6 aliphatic rings. The van der Waals surface area contributed by atoms with Crippen LogP contribution in [0.5, 0.6) is 0 Å². The van der Waals surface area contributed by atoms with Crippen molar-refractivity contribution in [2.75, 3.05) is 19.8 Å². The lowest BCUT2D eigenvalue weighted by atomic mass is 9.39. The summed E-state index contributed by atoms with van der Waals surface area (Å²) in [5.41, 5.74) is -0.604. The van der Waals surface area contributed by atoms with Crippen molar-refractivity contribution in [3.8, 4) is 0 Å². The largest absolute Gasteiger partial charge is 0.393 e. The third-order valence-electron chi connectivity index (χ3n) is 15.9. The molecule has 306 valence electrons. The second-order valence-electron chi connectivity index (χ2n) is 18.9. The van der Waals surface area contributed by atoms with Crippen molar-refractivity contribution in [2.45, 2.75) is 172 Å². The second-order valence-corrected chi connectivity index (χ2v) is 18.9. The van der Waals surface area contributed by atoms with Crippen molar-refractivity contribution >= 4 is 0 Å². The Kier molecular flexibility index (Phi) is 12.3. The van der Waals surface area contributed by atoms with E-state index in [1.54, 1.807) is 0 Å². The number of aliphatic hydroxyl groups is 9. The summed E-state index contributed by atoms with van der Waals surface area (Å²) < 4.78 is 24.0. The molecule has 0 spiro atoms. The molecule has 0 aromatic heterocycles. The fourth-order valence-corrected chi connectivity index (χ4v) is 12.3. The van der Waals surface area contributed by atoms with E-state index in [1.165, 1.54) is 0 Å². The highest BCUT2D eigenvalue weighted by atomic mass is 16.7. The number of hydrogen-bond acceptors (Lipinski definition) is 13. The zero-order valence-electron chi connectivity index (χ0n) is 32.5. The van der Waals surface area contributed by atoms with Crippen LogP contribution in [-0.2, 0) is 18.9 Å². The molecule has 0 amide bonds. The molecule has 13 heteroatoms. The maximum absolute atomic E-state index is 12.3. The van der Waals surface area contributed by atoms with Crippen LogP contribution in [0.1, 0.15) is 99.3 Å². The number of hydrogen-bond donors (Lipinski definition) is 9. The van der Waals surface area contributed by atoms with E-state index in [9.17, 15) is 46.0 Å². The molecule has 6 fully saturated rings. The molecule has 2 aliphatic heterocycles. The minimum Gasteiger partial charge on any atom is -0.393 e. The van der Waals surface area contributed by atoms with Gasteiger partial charge in [0, 0.05) is 0 Å². The van der Waals surface area contributed by atoms with Gasteiger partial charge in [0.1, 0.15) is 42.7 Å². The van der Waals surface area contributed by atoms with Crippen LogP contribution in [0, 0.1) is 45.8 Å². The third-order valence-corrected chi connectivity index (χ3v) is 15.9. The van der Waals surface area contributed by atoms with Crippen molar-refractivity contribution in [1.82, 2.24) is 0 Å². The van der Waals surface area contributed by atoms with Crippen LogP contribution in [0.4, 0.5) is 0 Å². The highest BCUT2D eigenvalue weighted by Crippen LogP contribution is 2.73. The van der Waals surface area contributed by atoms with E-state index >= 15 is 0 Å². The average Bonchev–Trinajstić information content (AvgIpc) is 3.50. The smallest absolute Gasteiger partial charge is 0.187 e. The first kappa shape index (κ1) is 41.8. The lowest BCUT2D eigenvalue weighted by molar-refractivity contribution is -0.345. The predicted molar refractivity (Wildman–Crippen MR) is 192 cm³/mol. The first-order chi connectivity index (χ1) is 24.8. The molecule has 9 N–H and O–H groups in total. The Morgan fingerprint density at radius 1 is 0.792 bits per heavy atom. The third kappa shape index (κ3) is 7.21. The van der Waals surface area contributed by atoms with E-state index in [0.717, 1.165) is 44.1 Å². The quantitative estimate of drug-likeness (QED) is 0.144. The molecule has 19 atom stereocenters. The van der Waals surface area contributed by atoms with Gasteiger partial charge in [0.25, 0.3) is 0 Å². The van der Waals surface area contributed by atoms with Crippen LogP contribution in [0.2, 0.25) is 0 Å². The van der Waals surface area contributed by atoms with Gasteiger partial charge in [-0.3, -0.25) is 0 Å².